The largest absolute Gasteiger partial charge is 0.482 e. The highest BCUT2D eigenvalue weighted by Crippen LogP contribution is 2.19. The molecule has 0 aliphatic carbocycles. The number of rotatable bonds is 9. The lowest BCUT2D eigenvalue weighted by Gasteiger charge is -2.11. The molecular formula is C25H23NO5. The first-order valence-corrected chi connectivity index (χ1v) is 9.93. The summed E-state index contributed by atoms with van der Waals surface area (Å²) in [7, 11) is 0. The van der Waals surface area contributed by atoms with Crippen LogP contribution in [0.3, 0.4) is 0 Å². The van der Waals surface area contributed by atoms with Gasteiger partial charge in [0.15, 0.2) is 19.0 Å². The van der Waals surface area contributed by atoms with Gasteiger partial charge < -0.3 is 14.8 Å². The number of ether oxygens (including phenoxy) is 2. The second-order valence-corrected chi connectivity index (χ2v) is 6.74. The lowest BCUT2D eigenvalue weighted by Crippen LogP contribution is -2.24. The van der Waals surface area contributed by atoms with Gasteiger partial charge in [0, 0.05) is 11.1 Å². The van der Waals surface area contributed by atoms with E-state index in [4.69, 9.17) is 9.47 Å². The van der Waals surface area contributed by atoms with Gasteiger partial charge in [-0.15, -0.1) is 0 Å². The van der Waals surface area contributed by atoms with Gasteiger partial charge in [-0.05, 0) is 36.2 Å². The molecule has 1 N–H and O–H groups in total. The van der Waals surface area contributed by atoms with Gasteiger partial charge in [-0.2, -0.15) is 0 Å². The highest BCUT2D eigenvalue weighted by atomic mass is 16.6. The molecule has 0 bridgehead atoms. The molecule has 0 unspecified atom stereocenters. The van der Waals surface area contributed by atoms with Gasteiger partial charge in [-0.1, -0.05) is 61.5 Å². The third kappa shape index (κ3) is 6.27. The topological polar surface area (TPSA) is 81.7 Å². The second-order valence-electron chi connectivity index (χ2n) is 6.74. The monoisotopic (exact) mass is 417 g/mol. The quantitative estimate of drug-likeness (QED) is 0.420. The Morgan fingerprint density at radius 3 is 2.19 bits per heavy atom. The van der Waals surface area contributed by atoms with Crippen LogP contribution in [0.5, 0.6) is 5.75 Å². The molecule has 3 aromatic rings. The second kappa shape index (κ2) is 10.7. The van der Waals surface area contributed by atoms with Crippen LogP contribution in [0.1, 0.15) is 28.4 Å². The molecular weight excluding hydrogens is 394 g/mol. The van der Waals surface area contributed by atoms with E-state index in [1.807, 2.05) is 25.1 Å². The van der Waals surface area contributed by atoms with E-state index >= 15 is 0 Å². The fourth-order valence-corrected chi connectivity index (χ4v) is 2.87. The number of hydrogen-bond acceptors (Lipinski definition) is 5. The molecule has 6 nitrogen and oxygen atoms in total. The van der Waals surface area contributed by atoms with Crippen LogP contribution in [0.4, 0.5) is 5.69 Å². The molecule has 0 aliphatic rings. The summed E-state index contributed by atoms with van der Waals surface area (Å²) in [5.74, 6) is -0.875. The number of para-hydroxylation sites is 1. The molecule has 0 aliphatic heterocycles. The number of esters is 1. The van der Waals surface area contributed by atoms with E-state index in [-0.39, 0.29) is 12.4 Å². The first-order valence-electron chi connectivity index (χ1n) is 9.93. The Bertz CT molecular complexity index is 1050. The van der Waals surface area contributed by atoms with Crippen LogP contribution in [-0.2, 0) is 20.7 Å². The molecule has 3 rings (SSSR count). The Morgan fingerprint density at radius 1 is 0.806 bits per heavy atom. The van der Waals surface area contributed by atoms with Gasteiger partial charge in [-0.25, -0.2) is 4.79 Å². The molecule has 0 aromatic heterocycles. The Balaban J connectivity index is 1.51. The maximum atomic E-state index is 12.7. The SMILES string of the molecule is CCc1ccc(OCC(=O)OCC(=O)Nc2ccccc2C(=O)c2ccccc2)cc1. The Hall–Kier alpha value is -3.93. The standard InChI is InChI=1S/C25H23NO5/c1-2-18-12-14-20(15-13-18)30-17-24(28)31-16-23(27)26-22-11-7-6-10-21(22)25(29)19-8-4-3-5-9-19/h3-15H,2,16-17H2,1H3,(H,26,27). The first kappa shape index (κ1) is 21.8. The van der Waals surface area contributed by atoms with Gasteiger partial charge in [-0.3, -0.25) is 9.59 Å². The van der Waals surface area contributed by atoms with Crippen LogP contribution in [0.25, 0.3) is 0 Å². The van der Waals surface area contributed by atoms with E-state index in [2.05, 4.69) is 5.32 Å². The zero-order valence-corrected chi connectivity index (χ0v) is 17.2. The average molecular weight is 417 g/mol. The highest BCUT2D eigenvalue weighted by molar-refractivity contribution is 6.13. The molecule has 0 radical (unpaired) electrons. The fourth-order valence-electron chi connectivity index (χ4n) is 2.87. The normalized spacial score (nSPS) is 10.2. The number of aryl methyl sites for hydroxylation is 1. The van der Waals surface area contributed by atoms with E-state index < -0.39 is 18.5 Å². The predicted molar refractivity (Wildman–Crippen MR) is 117 cm³/mol. The molecule has 0 saturated carbocycles. The van der Waals surface area contributed by atoms with E-state index in [0.717, 1.165) is 12.0 Å². The average Bonchev–Trinajstić information content (AvgIpc) is 2.82. The van der Waals surface area contributed by atoms with E-state index in [9.17, 15) is 14.4 Å². The molecule has 0 fully saturated rings. The fraction of sp³-hybridized carbons (Fsp3) is 0.160. The maximum absolute atomic E-state index is 12.7. The van der Waals surface area contributed by atoms with Crippen molar-refractivity contribution < 1.29 is 23.9 Å². The van der Waals surface area contributed by atoms with Gasteiger partial charge in [0.2, 0.25) is 0 Å². The summed E-state index contributed by atoms with van der Waals surface area (Å²) in [6.45, 7) is 1.26. The molecule has 1 amide bonds. The van der Waals surface area contributed by atoms with Crippen molar-refractivity contribution in [1.29, 1.82) is 0 Å². The third-order valence-electron chi connectivity index (χ3n) is 4.53. The van der Waals surface area contributed by atoms with Crippen molar-refractivity contribution in [2.75, 3.05) is 18.5 Å². The predicted octanol–water partition coefficient (Wildman–Crippen LogP) is 4.04. The van der Waals surface area contributed by atoms with Crippen molar-refractivity contribution in [3.8, 4) is 5.75 Å². The minimum absolute atomic E-state index is 0.212. The molecule has 0 spiro atoms. The first-order chi connectivity index (χ1) is 15.1. The van der Waals surface area contributed by atoms with Crippen LogP contribution < -0.4 is 10.1 Å². The zero-order chi connectivity index (χ0) is 22.1. The molecule has 6 heteroatoms. The van der Waals surface area contributed by atoms with Crippen molar-refractivity contribution in [3.05, 3.63) is 95.6 Å². The van der Waals surface area contributed by atoms with Gasteiger partial charge in [0.05, 0.1) is 5.69 Å². The van der Waals surface area contributed by atoms with Crippen LogP contribution in [0.15, 0.2) is 78.9 Å². The smallest absolute Gasteiger partial charge is 0.344 e. The van der Waals surface area contributed by atoms with E-state index in [1.165, 1.54) is 0 Å². The van der Waals surface area contributed by atoms with Crippen molar-refractivity contribution in [3.63, 3.8) is 0 Å². The van der Waals surface area contributed by atoms with Crippen LogP contribution in [0, 0.1) is 0 Å². The molecule has 0 heterocycles. The molecule has 158 valence electrons. The number of amides is 1. The van der Waals surface area contributed by atoms with Gasteiger partial charge in [0.1, 0.15) is 5.75 Å². The Kier molecular flexibility index (Phi) is 7.54. The minimum atomic E-state index is -0.664. The third-order valence-corrected chi connectivity index (χ3v) is 4.53. The number of carbonyl (C=O) groups excluding carboxylic acids is 3. The van der Waals surface area contributed by atoms with Crippen molar-refractivity contribution in [2.45, 2.75) is 13.3 Å². The van der Waals surface area contributed by atoms with Crippen molar-refractivity contribution in [1.82, 2.24) is 0 Å². The van der Waals surface area contributed by atoms with Crippen LogP contribution in [0.2, 0.25) is 0 Å². The van der Waals surface area contributed by atoms with E-state index in [1.54, 1.807) is 60.7 Å². The summed E-state index contributed by atoms with van der Waals surface area (Å²) in [4.78, 5) is 36.8. The van der Waals surface area contributed by atoms with Gasteiger partial charge >= 0.3 is 5.97 Å². The number of benzene rings is 3. The molecule has 0 saturated heterocycles. The zero-order valence-electron chi connectivity index (χ0n) is 17.2. The Labute approximate surface area is 180 Å². The summed E-state index contributed by atoms with van der Waals surface area (Å²) in [5, 5.41) is 2.63. The number of carbonyl (C=O) groups is 3. The van der Waals surface area contributed by atoms with Crippen LogP contribution in [-0.4, -0.2) is 30.9 Å². The summed E-state index contributed by atoms with van der Waals surface area (Å²) in [6, 6.07) is 22.9. The van der Waals surface area contributed by atoms with Crippen LogP contribution >= 0.6 is 0 Å². The maximum Gasteiger partial charge on any atom is 0.344 e. The lowest BCUT2D eigenvalue weighted by atomic mass is 10.0. The molecule has 3 aromatic carbocycles. The number of ketones is 1. The number of nitrogens with one attached hydrogen (secondary N) is 1. The Morgan fingerprint density at radius 2 is 1.48 bits per heavy atom. The summed E-state index contributed by atoms with van der Waals surface area (Å²) >= 11 is 0. The lowest BCUT2D eigenvalue weighted by molar-refractivity contribution is -0.149. The van der Waals surface area contributed by atoms with Crippen molar-refractivity contribution in [2.24, 2.45) is 0 Å². The summed E-state index contributed by atoms with van der Waals surface area (Å²) in [6.07, 6.45) is 0.914. The minimum Gasteiger partial charge on any atom is -0.482 e. The number of hydrogen-bond donors (Lipinski definition) is 1. The molecule has 0 atom stereocenters. The van der Waals surface area contributed by atoms with Crippen molar-refractivity contribution >= 4 is 23.3 Å². The summed E-state index contributed by atoms with van der Waals surface area (Å²) < 4.78 is 10.3. The highest BCUT2D eigenvalue weighted by Gasteiger charge is 2.15. The van der Waals surface area contributed by atoms with Gasteiger partial charge in [0.25, 0.3) is 5.91 Å². The number of anilines is 1. The molecule has 31 heavy (non-hydrogen) atoms. The van der Waals surface area contributed by atoms with E-state index in [0.29, 0.717) is 22.6 Å². The summed E-state index contributed by atoms with van der Waals surface area (Å²) in [5.41, 5.74) is 2.38.